The molecule has 2 saturated heterocycles. The van der Waals surface area contributed by atoms with Gasteiger partial charge in [-0.2, -0.15) is 11.8 Å². The van der Waals surface area contributed by atoms with Crippen LogP contribution in [0.5, 0.6) is 0 Å². The highest BCUT2D eigenvalue weighted by Crippen LogP contribution is 2.23. The molecule has 2 atom stereocenters. The van der Waals surface area contributed by atoms with Crippen LogP contribution in [0.3, 0.4) is 0 Å². The van der Waals surface area contributed by atoms with Crippen molar-refractivity contribution in [1.29, 1.82) is 0 Å². The fraction of sp³-hybridized carbons (Fsp3) is 1.00. The number of hydrogen-bond donors (Lipinski definition) is 1. The van der Waals surface area contributed by atoms with Crippen LogP contribution >= 0.6 is 11.8 Å². The van der Waals surface area contributed by atoms with Gasteiger partial charge in [-0.25, -0.2) is 0 Å². The minimum Gasteiger partial charge on any atom is -0.313 e. The normalized spacial score (nSPS) is 31.1. The molecule has 0 aromatic heterocycles. The second-order valence-corrected chi connectivity index (χ2v) is 6.31. The van der Waals surface area contributed by atoms with Crippen molar-refractivity contribution in [3.8, 4) is 0 Å². The topological polar surface area (TPSA) is 15.3 Å². The summed E-state index contributed by atoms with van der Waals surface area (Å²) >= 11 is 2.14. The predicted octanol–water partition coefficient (Wildman–Crippen LogP) is 2.35. The molecule has 0 saturated carbocycles. The number of nitrogens with one attached hydrogen (secondary N) is 1. The molecule has 0 radical (unpaired) electrons. The molecule has 2 nitrogen and oxygen atoms in total. The lowest BCUT2D eigenvalue weighted by atomic mass is 10.0. The average Bonchev–Trinajstić information content (AvgIpc) is 2.83. The van der Waals surface area contributed by atoms with Crippen LogP contribution in [0.4, 0.5) is 0 Å². The summed E-state index contributed by atoms with van der Waals surface area (Å²) in [5, 5.41) is 3.68. The van der Waals surface area contributed by atoms with E-state index in [9.17, 15) is 0 Å². The molecule has 2 heterocycles. The van der Waals surface area contributed by atoms with Crippen molar-refractivity contribution in [2.75, 3.05) is 31.1 Å². The molecule has 0 spiro atoms. The number of thioether (sulfide) groups is 1. The van der Waals surface area contributed by atoms with Crippen LogP contribution in [0, 0.1) is 0 Å². The first kappa shape index (κ1) is 12.7. The molecule has 2 fully saturated rings. The van der Waals surface area contributed by atoms with Crippen LogP contribution in [0.1, 0.15) is 39.0 Å². The molecule has 2 unspecified atom stereocenters. The minimum absolute atomic E-state index is 0.769. The maximum Gasteiger partial charge on any atom is 0.0195 e. The molecule has 3 heteroatoms. The van der Waals surface area contributed by atoms with Crippen molar-refractivity contribution >= 4 is 11.8 Å². The SMILES string of the molecule is CCCN(CC1CCCCN1)C1CCSC1. The third kappa shape index (κ3) is 3.64. The lowest BCUT2D eigenvalue weighted by Crippen LogP contribution is -2.47. The summed E-state index contributed by atoms with van der Waals surface area (Å²) in [7, 11) is 0. The number of rotatable bonds is 5. The molecule has 0 aromatic carbocycles. The molecule has 2 rings (SSSR count). The number of piperidine rings is 1. The van der Waals surface area contributed by atoms with E-state index in [0.29, 0.717) is 0 Å². The monoisotopic (exact) mass is 242 g/mol. The summed E-state index contributed by atoms with van der Waals surface area (Å²) in [6.07, 6.45) is 6.91. The van der Waals surface area contributed by atoms with Crippen LogP contribution in [0.25, 0.3) is 0 Å². The highest BCUT2D eigenvalue weighted by atomic mass is 32.2. The van der Waals surface area contributed by atoms with Crippen LogP contribution in [0.15, 0.2) is 0 Å². The van der Waals surface area contributed by atoms with E-state index in [-0.39, 0.29) is 0 Å². The van der Waals surface area contributed by atoms with Crippen LogP contribution in [-0.2, 0) is 0 Å². The van der Waals surface area contributed by atoms with Crippen LogP contribution in [0.2, 0.25) is 0 Å². The molecule has 2 aliphatic heterocycles. The summed E-state index contributed by atoms with van der Waals surface area (Å²) in [6.45, 7) is 6.13. The summed E-state index contributed by atoms with van der Waals surface area (Å²) in [5.41, 5.74) is 0. The summed E-state index contributed by atoms with van der Waals surface area (Å²) in [6, 6.07) is 1.64. The van der Waals surface area contributed by atoms with Crippen molar-refractivity contribution in [2.45, 2.75) is 51.1 Å². The van der Waals surface area contributed by atoms with Crippen molar-refractivity contribution in [3.05, 3.63) is 0 Å². The highest BCUT2D eigenvalue weighted by molar-refractivity contribution is 7.99. The van der Waals surface area contributed by atoms with Gasteiger partial charge in [0.2, 0.25) is 0 Å². The Balaban J connectivity index is 1.80. The zero-order valence-electron chi connectivity index (χ0n) is 10.6. The molecule has 0 bridgehead atoms. The Hall–Kier alpha value is 0.270. The summed E-state index contributed by atoms with van der Waals surface area (Å²) < 4.78 is 0. The van der Waals surface area contributed by atoms with Gasteiger partial charge in [-0.1, -0.05) is 13.3 Å². The largest absolute Gasteiger partial charge is 0.313 e. The first-order valence-corrected chi connectivity index (χ1v) is 8.11. The van der Waals surface area contributed by atoms with Gasteiger partial charge in [0.05, 0.1) is 0 Å². The summed E-state index contributed by atoms with van der Waals surface area (Å²) in [5.74, 6) is 2.75. The zero-order chi connectivity index (χ0) is 11.2. The third-order valence-corrected chi connectivity index (χ3v) is 4.94. The van der Waals surface area contributed by atoms with Gasteiger partial charge in [-0.3, -0.25) is 4.90 Å². The molecular weight excluding hydrogens is 216 g/mol. The van der Waals surface area contributed by atoms with Crippen molar-refractivity contribution in [1.82, 2.24) is 10.2 Å². The van der Waals surface area contributed by atoms with Gasteiger partial charge in [-0.05, 0) is 44.5 Å². The Morgan fingerprint density at radius 3 is 2.88 bits per heavy atom. The van der Waals surface area contributed by atoms with E-state index in [4.69, 9.17) is 0 Å². The molecule has 16 heavy (non-hydrogen) atoms. The Labute approximate surface area is 105 Å². The van der Waals surface area contributed by atoms with E-state index < -0.39 is 0 Å². The van der Waals surface area contributed by atoms with Gasteiger partial charge in [0.1, 0.15) is 0 Å². The fourth-order valence-electron chi connectivity index (χ4n) is 2.88. The molecule has 0 aromatic rings. The number of hydrogen-bond acceptors (Lipinski definition) is 3. The first-order chi connectivity index (χ1) is 7.90. The van der Waals surface area contributed by atoms with Crippen LogP contribution < -0.4 is 5.32 Å². The zero-order valence-corrected chi connectivity index (χ0v) is 11.4. The van der Waals surface area contributed by atoms with Crippen molar-refractivity contribution < 1.29 is 0 Å². The lowest BCUT2D eigenvalue weighted by Gasteiger charge is -2.34. The predicted molar refractivity (Wildman–Crippen MR) is 73.2 cm³/mol. The van der Waals surface area contributed by atoms with Gasteiger partial charge in [-0.15, -0.1) is 0 Å². The van der Waals surface area contributed by atoms with Crippen molar-refractivity contribution in [2.24, 2.45) is 0 Å². The number of nitrogens with zero attached hydrogens (tertiary/aromatic N) is 1. The minimum atomic E-state index is 0.769. The van der Waals surface area contributed by atoms with Crippen LogP contribution in [-0.4, -0.2) is 48.1 Å². The Morgan fingerprint density at radius 2 is 2.25 bits per heavy atom. The second-order valence-electron chi connectivity index (χ2n) is 5.16. The first-order valence-electron chi connectivity index (χ1n) is 6.95. The lowest BCUT2D eigenvalue weighted by molar-refractivity contribution is 0.178. The molecule has 0 aliphatic carbocycles. The highest BCUT2D eigenvalue weighted by Gasteiger charge is 2.25. The Kier molecular flexibility index (Phi) is 5.46. The second kappa shape index (κ2) is 6.87. The van der Waals surface area contributed by atoms with E-state index >= 15 is 0 Å². The molecular formula is C13H26N2S. The maximum atomic E-state index is 3.68. The smallest absolute Gasteiger partial charge is 0.0195 e. The third-order valence-electron chi connectivity index (χ3n) is 3.80. The molecule has 0 amide bonds. The quantitative estimate of drug-likeness (QED) is 0.797. The maximum absolute atomic E-state index is 3.68. The molecule has 2 aliphatic rings. The van der Waals surface area contributed by atoms with E-state index in [2.05, 4.69) is 28.9 Å². The average molecular weight is 242 g/mol. The fourth-order valence-corrected chi connectivity index (χ4v) is 4.14. The van der Waals surface area contributed by atoms with Gasteiger partial charge in [0.25, 0.3) is 0 Å². The van der Waals surface area contributed by atoms with E-state index in [0.717, 1.165) is 12.1 Å². The van der Waals surface area contributed by atoms with Gasteiger partial charge in [0, 0.05) is 24.4 Å². The Morgan fingerprint density at radius 1 is 1.31 bits per heavy atom. The Bertz CT molecular complexity index is 186. The standard InChI is InChI=1S/C13H26N2S/c1-2-8-15(13-6-9-16-11-13)10-12-5-3-4-7-14-12/h12-14H,2-11H2,1H3. The van der Waals surface area contributed by atoms with E-state index in [1.54, 1.807) is 0 Å². The summed E-state index contributed by atoms with van der Waals surface area (Å²) in [4.78, 5) is 2.75. The van der Waals surface area contributed by atoms with Gasteiger partial charge >= 0.3 is 0 Å². The van der Waals surface area contributed by atoms with E-state index in [1.165, 1.54) is 63.2 Å². The molecule has 1 N–H and O–H groups in total. The van der Waals surface area contributed by atoms with Gasteiger partial charge in [0.15, 0.2) is 0 Å². The van der Waals surface area contributed by atoms with Gasteiger partial charge < -0.3 is 5.32 Å². The van der Waals surface area contributed by atoms with E-state index in [1.807, 2.05) is 0 Å². The van der Waals surface area contributed by atoms with Crippen molar-refractivity contribution in [3.63, 3.8) is 0 Å². The molecule has 94 valence electrons.